The van der Waals surface area contributed by atoms with Crippen molar-refractivity contribution >= 4 is 11.7 Å². The second-order valence-corrected chi connectivity index (χ2v) is 7.15. The Labute approximate surface area is 172 Å². The van der Waals surface area contributed by atoms with E-state index < -0.39 is 12.5 Å². The van der Waals surface area contributed by atoms with E-state index >= 15 is 0 Å². The molecular formula is C22H20F2N4O2. The van der Waals surface area contributed by atoms with E-state index in [1.807, 2.05) is 0 Å². The van der Waals surface area contributed by atoms with E-state index in [1.165, 1.54) is 12.1 Å². The highest BCUT2D eigenvalue weighted by molar-refractivity contribution is 6.00. The highest BCUT2D eigenvalue weighted by Gasteiger charge is 2.31. The maximum Gasteiger partial charge on any atom is 0.220 e. The lowest BCUT2D eigenvalue weighted by Gasteiger charge is -2.26. The summed E-state index contributed by atoms with van der Waals surface area (Å²) in [5.74, 6) is -0.330. The van der Waals surface area contributed by atoms with E-state index in [2.05, 4.69) is 15.0 Å². The number of fused-ring (bicyclic) bond motifs is 1. The lowest BCUT2D eigenvalue weighted by Crippen LogP contribution is -2.23. The summed E-state index contributed by atoms with van der Waals surface area (Å²) < 4.78 is 31.8. The number of hydrogen-bond acceptors (Lipinski definition) is 6. The van der Waals surface area contributed by atoms with Crippen LogP contribution in [-0.2, 0) is 6.42 Å². The van der Waals surface area contributed by atoms with Crippen molar-refractivity contribution in [1.29, 1.82) is 0 Å². The van der Waals surface area contributed by atoms with Gasteiger partial charge in [-0.2, -0.15) is 0 Å². The van der Waals surface area contributed by atoms with E-state index in [4.69, 9.17) is 10.5 Å². The fourth-order valence-electron chi connectivity index (χ4n) is 3.91. The number of nitrogens with two attached hydrogens (primary N) is 1. The number of rotatable bonds is 5. The number of anilines is 1. The van der Waals surface area contributed by atoms with E-state index in [-0.39, 0.29) is 36.6 Å². The average molecular weight is 409 g/mol. The summed E-state index contributed by atoms with van der Waals surface area (Å²) in [5.41, 5.74) is 9.28. The van der Waals surface area contributed by atoms with Gasteiger partial charge in [-0.25, -0.2) is 23.7 Å². The molecule has 1 atom stereocenters. The molecule has 2 aromatic heterocycles. The average Bonchev–Trinajstić information content (AvgIpc) is 2.71. The van der Waals surface area contributed by atoms with Crippen LogP contribution in [0.1, 0.15) is 39.6 Å². The van der Waals surface area contributed by atoms with Crippen LogP contribution in [0.15, 0.2) is 36.4 Å². The summed E-state index contributed by atoms with van der Waals surface area (Å²) >= 11 is 0. The number of aromatic nitrogens is 3. The molecule has 1 aliphatic carbocycles. The Hall–Kier alpha value is -3.42. The molecule has 4 rings (SSSR count). The summed E-state index contributed by atoms with van der Waals surface area (Å²) in [6.07, 6.45) is 0.725. The second kappa shape index (κ2) is 8.14. The molecule has 8 heteroatoms. The van der Waals surface area contributed by atoms with E-state index in [0.717, 1.165) is 5.56 Å². The number of ketones is 1. The maximum atomic E-state index is 14.1. The summed E-state index contributed by atoms with van der Waals surface area (Å²) in [5, 5.41) is 0. The van der Waals surface area contributed by atoms with Crippen LogP contribution in [0.25, 0.3) is 11.3 Å². The van der Waals surface area contributed by atoms with Crippen molar-refractivity contribution in [3.8, 4) is 17.1 Å². The maximum absolute atomic E-state index is 14.1. The molecule has 0 bridgehead atoms. The number of benzene rings is 1. The fraction of sp³-hybridized carbons (Fsp3) is 0.273. The van der Waals surface area contributed by atoms with Gasteiger partial charge in [0.2, 0.25) is 11.8 Å². The first-order valence-electron chi connectivity index (χ1n) is 9.58. The lowest BCUT2D eigenvalue weighted by atomic mass is 9.79. The van der Waals surface area contributed by atoms with Crippen LogP contribution in [0.3, 0.4) is 0 Å². The monoisotopic (exact) mass is 409 g/mol. The zero-order chi connectivity index (χ0) is 21.3. The first-order chi connectivity index (χ1) is 14.5. The number of carbonyl (C=O) groups is 1. The Morgan fingerprint density at radius 3 is 2.80 bits per heavy atom. The molecule has 1 aromatic carbocycles. The molecule has 0 amide bonds. The number of Topliss-reactive ketones (excluding diaryl/α,β-unsaturated/α-hetero) is 1. The number of pyridine rings is 1. The third-order valence-corrected chi connectivity index (χ3v) is 5.11. The molecule has 0 radical (unpaired) electrons. The van der Waals surface area contributed by atoms with Crippen LogP contribution >= 0.6 is 0 Å². The number of hydrogen-bond donors (Lipinski definition) is 1. The van der Waals surface area contributed by atoms with E-state index in [0.29, 0.717) is 34.6 Å². The van der Waals surface area contributed by atoms with Crippen molar-refractivity contribution < 1.29 is 18.3 Å². The number of alkyl halides is 1. The van der Waals surface area contributed by atoms with Gasteiger partial charge in [-0.05, 0) is 43.0 Å². The van der Waals surface area contributed by atoms with Gasteiger partial charge >= 0.3 is 0 Å². The molecule has 0 spiro atoms. The number of nitrogens with zero attached hydrogens (tertiary/aromatic N) is 3. The van der Waals surface area contributed by atoms with E-state index in [9.17, 15) is 13.6 Å². The van der Waals surface area contributed by atoms with Crippen LogP contribution in [0.4, 0.5) is 14.7 Å². The van der Waals surface area contributed by atoms with Crippen molar-refractivity contribution in [3.63, 3.8) is 0 Å². The van der Waals surface area contributed by atoms with Crippen LogP contribution in [-0.4, -0.2) is 34.0 Å². The van der Waals surface area contributed by atoms with Gasteiger partial charge in [0, 0.05) is 18.1 Å². The van der Waals surface area contributed by atoms with Gasteiger partial charge in [-0.1, -0.05) is 12.1 Å². The Kier molecular flexibility index (Phi) is 5.39. The van der Waals surface area contributed by atoms with Crippen molar-refractivity contribution in [2.75, 3.05) is 19.0 Å². The molecular weight excluding hydrogens is 389 g/mol. The molecule has 0 saturated heterocycles. The van der Waals surface area contributed by atoms with E-state index in [1.54, 1.807) is 31.2 Å². The summed E-state index contributed by atoms with van der Waals surface area (Å²) in [6.45, 7) is 0.997. The third kappa shape index (κ3) is 3.85. The van der Waals surface area contributed by atoms with Gasteiger partial charge in [0.25, 0.3) is 0 Å². The second-order valence-electron chi connectivity index (χ2n) is 7.15. The van der Waals surface area contributed by atoms with Crippen molar-refractivity contribution in [3.05, 3.63) is 64.7 Å². The number of carbonyl (C=O) groups excluding carboxylic acids is 1. The standard InChI is InChI=1S/C22H20F2N4O2/c1-12-21-18(28-22(25)26-12)9-13(10-19(21)29)15-6-5-14(24)11-16(15)17-3-2-4-20(27-17)30-8-7-23/h2-6,11,13H,7-10H2,1H3,(H2,25,26,28)/i23-1. The Bertz CT molecular complexity index is 1120. The highest BCUT2D eigenvalue weighted by Crippen LogP contribution is 2.38. The molecule has 1 unspecified atom stereocenters. The number of aryl methyl sites for hydroxylation is 1. The number of ether oxygens (including phenoxy) is 1. The molecule has 6 nitrogen and oxygen atoms in total. The minimum atomic E-state index is -0.634. The first kappa shape index (κ1) is 19.9. The van der Waals surface area contributed by atoms with Gasteiger partial charge in [0.1, 0.15) is 19.1 Å². The van der Waals surface area contributed by atoms with Crippen molar-refractivity contribution in [2.24, 2.45) is 0 Å². The largest absolute Gasteiger partial charge is 0.475 e. The van der Waals surface area contributed by atoms with Gasteiger partial charge in [-0.15, -0.1) is 0 Å². The van der Waals surface area contributed by atoms with Crippen molar-refractivity contribution in [2.45, 2.75) is 25.7 Å². The smallest absolute Gasteiger partial charge is 0.220 e. The van der Waals surface area contributed by atoms with Crippen LogP contribution < -0.4 is 10.5 Å². The molecule has 2 N–H and O–H groups in total. The predicted octanol–water partition coefficient (Wildman–Crippen LogP) is 3.83. The molecule has 3 aromatic rings. The van der Waals surface area contributed by atoms with Crippen LogP contribution in [0.2, 0.25) is 0 Å². The minimum Gasteiger partial charge on any atom is -0.475 e. The molecule has 154 valence electrons. The SMILES string of the molecule is Cc1nc(N)nc2c1C(=O)CC(c1ccc(F)cc1-c1cccc(OCC[18F])n1)C2. The number of nitrogen functional groups attached to an aromatic ring is 1. The lowest BCUT2D eigenvalue weighted by molar-refractivity contribution is 0.0962. The Morgan fingerprint density at radius 2 is 2.00 bits per heavy atom. The quantitative estimate of drug-likeness (QED) is 0.689. The van der Waals surface area contributed by atoms with Gasteiger partial charge < -0.3 is 10.5 Å². The Morgan fingerprint density at radius 1 is 1.17 bits per heavy atom. The molecule has 2 heterocycles. The van der Waals surface area contributed by atoms with Gasteiger partial charge in [0.15, 0.2) is 5.78 Å². The van der Waals surface area contributed by atoms with Gasteiger partial charge in [0.05, 0.1) is 22.6 Å². The molecule has 1 aliphatic rings. The summed E-state index contributed by atoms with van der Waals surface area (Å²) in [6, 6.07) is 9.47. The molecule has 0 saturated carbocycles. The molecule has 0 fully saturated rings. The normalized spacial score (nSPS) is 15.7. The molecule has 0 aliphatic heterocycles. The highest BCUT2D eigenvalue weighted by atomic mass is 19.1. The number of halogens is 2. The minimum absolute atomic E-state index is 0.0676. The van der Waals surface area contributed by atoms with Gasteiger partial charge in [-0.3, -0.25) is 4.79 Å². The van der Waals surface area contributed by atoms with Crippen LogP contribution in [0.5, 0.6) is 5.88 Å². The Balaban J connectivity index is 1.75. The first-order valence-corrected chi connectivity index (χ1v) is 9.58. The third-order valence-electron chi connectivity index (χ3n) is 5.11. The fourth-order valence-corrected chi connectivity index (χ4v) is 3.91. The summed E-state index contributed by atoms with van der Waals surface area (Å²) in [4.78, 5) is 25.6. The summed E-state index contributed by atoms with van der Waals surface area (Å²) in [7, 11) is 0. The zero-order valence-corrected chi connectivity index (χ0v) is 16.4. The predicted molar refractivity (Wildman–Crippen MR) is 108 cm³/mol. The van der Waals surface area contributed by atoms with Crippen molar-refractivity contribution in [1.82, 2.24) is 15.0 Å². The zero-order valence-electron chi connectivity index (χ0n) is 16.4. The van der Waals surface area contributed by atoms with Crippen LogP contribution in [0, 0.1) is 12.7 Å². The molecule has 30 heavy (non-hydrogen) atoms. The topological polar surface area (TPSA) is 91.0 Å².